The van der Waals surface area contributed by atoms with Crippen LogP contribution in [0, 0.1) is 0 Å². The summed E-state index contributed by atoms with van der Waals surface area (Å²) < 4.78 is 6.55. The molecule has 0 bridgehead atoms. The second-order valence-electron chi connectivity index (χ2n) is 8.71. The Morgan fingerprint density at radius 2 is 1.78 bits per heavy atom. The summed E-state index contributed by atoms with van der Waals surface area (Å²) in [5.41, 5.74) is 6.04. The molecule has 0 saturated heterocycles. The van der Waals surface area contributed by atoms with Crippen LogP contribution in [0.1, 0.15) is 11.1 Å². The molecule has 1 aliphatic rings. The molecule has 5 rings (SSSR count). The lowest BCUT2D eigenvalue weighted by atomic mass is 10.1. The first kappa shape index (κ1) is 25.8. The van der Waals surface area contributed by atoms with E-state index in [1.807, 2.05) is 19.2 Å². The number of thiophene rings is 1. The molecule has 36 heavy (non-hydrogen) atoms. The van der Waals surface area contributed by atoms with Gasteiger partial charge < -0.3 is 15.0 Å². The Morgan fingerprint density at radius 1 is 1.00 bits per heavy atom. The molecule has 1 aromatic heterocycles. The third kappa shape index (κ3) is 5.57. The summed E-state index contributed by atoms with van der Waals surface area (Å²) >= 11 is 1.79. The van der Waals surface area contributed by atoms with Crippen molar-refractivity contribution in [3.05, 3.63) is 99.9 Å². The van der Waals surface area contributed by atoms with Gasteiger partial charge in [0.05, 0.1) is 7.11 Å². The van der Waals surface area contributed by atoms with Gasteiger partial charge in [-0.15, -0.1) is 23.7 Å². The van der Waals surface area contributed by atoms with Crippen LogP contribution in [0.15, 0.2) is 83.9 Å². The van der Waals surface area contributed by atoms with E-state index in [4.69, 9.17) is 9.73 Å². The maximum absolute atomic E-state index is 5.45. The van der Waals surface area contributed by atoms with Crippen LogP contribution in [-0.2, 0) is 13.1 Å². The summed E-state index contributed by atoms with van der Waals surface area (Å²) in [6.45, 7) is 2.32. The number of hydrogen-bond acceptors (Lipinski definition) is 6. The van der Waals surface area contributed by atoms with Crippen LogP contribution in [0.2, 0.25) is 0 Å². The molecule has 0 radical (unpaired) electrons. The third-order valence-electron chi connectivity index (χ3n) is 6.22. The zero-order valence-electron chi connectivity index (χ0n) is 20.8. The smallest absolute Gasteiger partial charge is 0.122 e. The van der Waals surface area contributed by atoms with Crippen LogP contribution in [0.3, 0.4) is 0 Å². The molecular weight excluding hydrogens is 488 g/mol. The first-order chi connectivity index (χ1) is 17.1. The highest BCUT2D eigenvalue weighted by atomic mass is 35.5. The molecule has 186 valence electrons. The highest BCUT2D eigenvalue weighted by Crippen LogP contribution is 2.29. The predicted octanol–water partition coefficient (Wildman–Crippen LogP) is 5.35. The topological polar surface area (TPSA) is 40.1 Å². The van der Waals surface area contributed by atoms with E-state index in [0.29, 0.717) is 6.67 Å². The van der Waals surface area contributed by atoms with Crippen LogP contribution in [0.5, 0.6) is 5.75 Å². The summed E-state index contributed by atoms with van der Waals surface area (Å²) in [5.74, 6) is 0.847. The molecule has 0 unspecified atom stereocenters. The number of ether oxygens (including phenoxy) is 1. The number of nitrogens with one attached hydrogen (secondary N) is 1. The fraction of sp³-hybridized carbons (Fsp3) is 0.207. The van der Waals surface area contributed by atoms with E-state index in [1.54, 1.807) is 18.4 Å². The molecular formula is C29H31ClN4OS. The van der Waals surface area contributed by atoms with Crippen molar-refractivity contribution in [1.82, 2.24) is 4.90 Å². The highest BCUT2D eigenvalue weighted by molar-refractivity contribution is 7.13. The number of hydrogen-bond donors (Lipinski definition) is 1. The minimum Gasteiger partial charge on any atom is -0.497 e. The lowest BCUT2D eigenvalue weighted by Crippen LogP contribution is -2.35. The van der Waals surface area contributed by atoms with Crippen molar-refractivity contribution in [3.8, 4) is 16.2 Å². The molecule has 2 heterocycles. The van der Waals surface area contributed by atoms with Gasteiger partial charge in [0.2, 0.25) is 0 Å². The lowest BCUT2D eigenvalue weighted by Gasteiger charge is -2.22. The SMILES string of the molecule is CNc1ccc(-c2sc3c(c2CN(C)Cc2ccccc2)=CN(c2cccc(OC)c2)CN=3)cc1.Cl. The first-order valence-corrected chi connectivity index (χ1v) is 12.6. The van der Waals surface area contributed by atoms with Gasteiger partial charge in [0.15, 0.2) is 0 Å². The van der Waals surface area contributed by atoms with Crippen molar-refractivity contribution in [1.29, 1.82) is 0 Å². The molecule has 0 saturated carbocycles. The Morgan fingerprint density at radius 3 is 2.50 bits per heavy atom. The fourth-order valence-corrected chi connectivity index (χ4v) is 5.55. The van der Waals surface area contributed by atoms with Gasteiger partial charge in [0, 0.05) is 53.9 Å². The summed E-state index contributed by atoms with van der Waals surface area (Å²) in [4.78, 5) is 10.8. The van der Waals surface area contributed by atoms with Gasteiger partial charge in [-0.2, -0.15) is 0 Å². The Balaban J connectivity index is 0.00000304. The summed E-state index contributed by atoms with van der Waals surface area (Å²) in [7, 11) is 5.83. The summed E-state index contributed by atoms with van der Waals surface area (Å²) in [6.07, 6.45) is 2.25. The zero-order chi connectivity index (χ0) is 24.2. The summed E-state index contributed by atoms with van der Waals surface area (Å²) in [5, 5.41) is 4.42. The summed E-state index contributed by atoms with van der Waals surface area (Å²) in [6, 6.07) is 27.4. The molecule has 1 N–H and O–H groups in total. The van der Waals surface area contributed by atoms with E-state index in [9.17, 15) is 0 Å². The monoisotopic (exact) mass is 518 g/mol. The Kier molecular flexibility index (Phi) is 8.31. The van der Waals surface area contributed by atoms with Gasteiger partial charge >= 0.3 is 0 Å². The number of rotatable bonds is 8. The number of benzene rings is 3. The molecule has 4 aromatic rings. The Hall–Kier alpha value is -3.32. The van der Waals surface area contributed by atoms with Gasteiger partial charge in [0.1, 0.15) is 17.1 Å². The predicted molar refractivity (Wildman–Crippen MR) is 154 cm³/mol. The van der Waals surface area contributed by atoms with Gasteiger partial charge in [-0.1, -0.05) is 48.5 Å². The maximum Gasteiger partial charge on any atom is 0.122 e. The second kappa shape index (κ2) is 11.6. The van der Waals surface area contributed by atoms with Crippen molar-refractivity contribution in [2.24, 2.45) is 4.99 Å². The van der Waals surface area contributed by atoms with Crippen molar-refractivity contribution in [3.63, 3.8) is 0 Å². The van der Waals surface area contributed by atoms with E-state index in [0.717, 1.165) is 34.9 Å². The molecule has 3 aromatic carbocycles. The largest absolute Gasteiger partial charge is 0.497 e. The van der Waals surface area contributed by atoms with E-state index in [2.05, 4.69) is 95.1 Å². The first-order valence-electron chi connectivity index (χ1n) is 11.7. The molecule has 1 aliphatic heterocycles. The van der Waals surface area contributed by atoms with Crippen LogP contribution in [0.25, 0.3) is 16.6 Å². The number of methoxy groups -OCH3 is 1. The van der Waals surface area contributed by atoms with E-state index < -0.39 is 0 Å². The number of nitrogens with zero attached hydrogens (tertiary/aromatic N) is 3. The maximum atomic E-state index is 5.45. The highest BCUT2D eigenvalue weighted by Gasteiger charge is 2.18. The van der Waals surface area contributed by atoms with Gasteiger partial charge in [-0.25, -0.2) is 0 Å². The molecule has 7 heteroatoms. The van der Waals surface area contributed by atoms with Crippen molar-refractivity contribution < 1.29 is 4.74 Å². The molecule has 0 fully saturated rings. The molecule has 0 atom stereocenters. The molecule has 0 amide bonds. The minimum atomic E-state index is 0. The van der Waals surface area contributed by atoms with Crippen LogP contribution in [-0.4, -0.2) is 32.8 Å². The quantitative estimate of drug-likeness (QED) is 0.341. The van der Waals surface area contributed by atoms with E-state index in [1.165, 1.54) is 26.8 Å². The van der Waals surface area contributed by atoms with Crippen molar-refractivity contribution in [2.75, 3.05) is 38.1 Å². The van der Waals surface area contributed by atoms with E-state index >= 15 is 0 Å². The van der Waals surface area contributed by atoms with Crippen LogP contribution in [0.4, 0.5) is 11.4 Å². The number of anilines is 2. The van der Waals surface area contributed by atoms with Crippen molar-refractivity contribution in [2.45, 2.75) is 13.1 Å². The third-order valence-corrected chi connectivity index (χ3v) is 7.45. The van der Waals surface area contributed by atoms with Crippen molar-refractivity contribution >= 4 is 41.3 Å². The van der Waals surface area contributed by atoms with Gasteiger partial charge in [-0.05, 0) is 48.0 Å². The zero-order valence-corrected chi connectivity index (χ0v) is 22.4. The van der Waals surface area contributed by atoms with Gasteiger partial charge in [0.25, 0.3) is 0 Å². The fourth-order valence-electron chi connectivity index (χ4n) is 4.40. The Labute approximate surface area is 222 Å². The second-order valence-corrected chi connectivity index (χ2v) is 9.71. The standard InChI is InChI=1S/C29H30N4OS.ClH/c1-30-23-14-12-22(13-15-23)28-26(18-32(2)17-21-8-5-4-6-9-21)27-19-33(20-31-29(27)35-28)24-10-7-11-25(16-24)34-3;/h4-16,19,30H,17-18,20H2,1-3H3;1H. The number of fused-ring (bicyclic) bond motifs is 1. The average Bonchev–Trinajstić information content (AvgIpc) is 3.26. The van der Waals surface area contributed by atoms with E-state index in [-0.39, 0.29) is 12.4 Å². The van der Waals surface area contributed by atoms with Crippen LogP contribution >= 0.6 is 23.7 Å². The lowest BCUT2D eigenvalue weighted by molar-refractivity contribution is 0.319. The number of halogens is 1. The molecule has 0 aliphatic carbocycles. The minimum absolute atomic E-state index is 0. The normalized spacial score (nSPS) is 12.3. The Bertz CT molecular complexity index is 1420. The average molecular weight is 519 g/mol. The van der Waals surface area contributed by atoms with Gasteiger partial charge in [-0.3, -0.25) is 9.89 Å². The molecule has 0 spiro atoms. The molecule has 5 nitrogen and oxygen atoms in total. The van der Waals surface area contributed by atoms with Crippen LogP contribution < -0.4 is 24.8 Å².